The Hall–Kier alpha value is -1.66. The van der Waals surface area contributed by atoms with E-state index in [1.807, 2.05) is 0 Å². The molecule has 0 saturated carbocycles. The van der Waals surface area contributed by atoms with E-state index < -0.39 is 4.92 Å². The van der Waals surface area contributed by atoms with Crippen LogP contribution in [-0.4, -0.2) is 30.5 Å². The number of nitro groups is 1. The normalized spacial score (nSPS) is 18.2. The number of non-ortho nitro benzene ring substituents is 1. The molecule has 1 heterocycles. The van der Waals surface area contributed by atoms with Gasteiger partial charge >= 0.3 is 0 Å². The first kappa shape index (κ1) is 15.7. The van der Waals surface area contributed by atoms with Crippen molar-refractivity contribution in [3.05, 3.63) is 38.9 Å². The summed E-state index contributed by atoms with van der Waals surface area (Å²) in [6.07, 6.45) is 3.24. The van der Waals surface area contributed by atoms with Gasteiger partial charge in [-0.05, 0) is 44.3 Å². The summed E-state index contributed by atoms with van der Waals surface area (Å²) in [5.41, 5.74) is 0.0418. The molecule has 0 radical (unpaired) electrons. The second-order valence-corrected chi connectivity index (χ2v) is 5.65. The van der Waals surface area contributed by atoms with E-state index in [1.165, 1.54) is 31.0 Å². The third-order valence-corrected chi connectivity index (χ3v) is 3.81. The smallest absolute Gasteiger partial charge is 0.271 e. The first-order valence-corrected chi connectivity index (χ1v) is 7.38. The topological polar surface area (TPSA) is 84.3 Å². The van der Waals surface area contributed by atoms with Gasteiger partial charge in [-0.25, -0.2) is 0 Å². The molecule has 0 aromatic heterocycles. The molecule has 2 rings (SSSR count). The summed E-state index contributed by atoms with van der Waals surface area (Å²) in [7, 11) is 0. The molecule has 0 bridgehead atoms. The van der Waals surface area contributed by atoms with Crippen molar-refractivity contribution in [3.8, 4) is 0 Å². The molecule has 1 aromatic rings. The Kier molecular flexibility index (Phi) is 5.52. The van der Waals surface area contributed by atoms with E-state index in [-0.39, 0.29) is 22.2 Å². The molecule has 1 saturated heterocycles. The highest BCUT2D eigenvalue weighted by Gasteiger charge is 2.15. The molecule has 0 spiro atoms. The molecular weight excluding hydrogens is 294 g/mol. The lowest BCUT2D eigenvalue weighted by Crippen LogP contribution is -2.33. The van der Waals surface area contributed by atoms with E-state index in [4.69, 9.17) is 11.6 Å². The Morgan fingerprint density at radius 2 is 2.29 bits per heavy atom. The minimum absolute atomic E-state index is 0.177. The average molecular weight is 312 g/mol. The maximum atomic E-state index is 12.0. The fraction of sp³-hybridized carbons (Fsp3) is 0.500. The first-order valence-electron chi connectivity index (χ1n) is 7.00. The van der Waals surface area contributed by atoms with E-state index in [9.17, 15) is 14.9 Å². The van der Waals surface area contributed by atoms with E-state index >= 15 is 0 Å². The number of hydrogen-bond donors (Lipinski definition) is 2. The number of rotatable bonds is 5. The van der Waals surface area contributed by atoms with Crippen LogP contribution in [0.4, 0.5) is 5.69 Å². The molecule has 1 aliphatic heterocycles. The average Bonchev–Trinajstić information content (AvgIpc) is 2.47. The van der Waals surface area contributed by atoms with Crippen LogP contribution in [0.1, 0.15) is 29.6 Å². The molecule has 6 nitrogen and oxygen atoms in total. The number of piperidine rings is 1. The third kappa shape index (κ3) is 4.68. The zero-order valence-corrected chi connectivity index (χ0v) is 12.4. The second-order valence-electron chi connectivity index (χ2n) is 5.21. The van der Waals surface area contributed by atoms with Crippen molar-refractivity contribution in [1.82, 2.24) is 10.6 Å². The lowest BCUT2D eigenvalue weighted by Gasteiger charge is -2.22. The van der Waals surface area contributed by atoms with Crippen molar-refractivity contribution < 1.29 is 9.72 Å². The highest BCUT2D eigenvalue weighted by molar-refractivity contribution is 6.31. The van der Waals surface area contributed by atoms with Gasteiger partial charge in [-0.3, -0.25) is 14.9 Å². The molecule has 2 N–H and O–H groups in total. The SMILES string of the molecule is O=C(NCCC1CCCNC1)c1cc(Cl)cc([N+](=O)[O-])c1. The molecule has 1 atom stereocenters. The van der Waals surface area contributed by atoms with E-state index in [2.05, 4.69) is 10.6 Å². The number of benzene rings is 1. The number of nitro benzene ring substituents is 1. The van der Waals surface area contributed by atoms with E-state index in [1.54, 1.807) is 0 Å². The number of carbonyl (C=O) groups excluding carboxylic acids is 1. The minimum atomic E-state index is -0.559. The van der Waals surface area contributed by atoms with E-state index in [0.29, 0.717) is 12.5 Å². The van der Waals surface area contributed by atoms with E-state index in [0.717, 1.165) is 19.5 Å². The number of halogens is 1. The molecule has 1 fully saturated rings. The molecule has 21 heavy (non-hydrogen) atoms. The molecule has 0 aliphatic carbocycles. The van der Waals surface area contributed by atoms with Gasteiger partial charge in [-0.2, -0.15) is 0 Å². The third-order valence-electron chi connectivity index (χ3n) is 3.59. The Morgan fingerprint density at radius 1 is 1.48 bits per heavy atom. The predicted molar refractivity (Wildman–Crippen MR) is 80.7 cm³/mol. The Morgan fingerprint density at radius 3 is 2.95 bits per heavy atom. The van der Waals surface area contributed by atoms with Gasteiger partial charge in [0, 0.05) is 29.3 Å². The molecule has 1 amide bonds. The van der Waals surface area contributed by atoms with Crippen LogP contribution in [0.2, 0.25) is 5.02 Å². The zero-order chi connectivity index (χ0) is 15.2. The molecule has 1 aliphatic rings. The van der Waals surface area contributed by atoms with Gasteiger partial charge in [-0.1, -0.05) is 11.6 Å². The maximum absolute atomic E-state index is 12.0. The van der Waals surface area contributed by atoms with Gasteiger partial charge in [0.2, 0.25) is 0 Å². The molecule has 7 heteroatoms. The van der Waals surface area contributed by atoms with Crippen LogP contribution < -0.4 is 10.6 Å². The standard InChI is InChI=1S/C14H18ClN3O3/c15-12-6-11(7-13(8-12)18(20)21)14(19)17-5-3-10-2-1-4-16-9-10/h6-8,10,16H,1-5,9H2,(H,17,19). The number of hydrogen-bond acceptors (Lipinski definition) is 4. The summed E-state index contributed by atoms with van der Waals surface area (Å²) < 4.78 is 0. The largest absolute Gasteiger partial charge is 0.352 e. The Labute approximate surface area is 128 Å². The van der Waals surface area contributed by atoms with Gasteiger partial charge in [-0.15, -0.1) is 0 Å². The Bertz CT molecular complexity index is 530. The fourth-order valence-electron chi connectivity index (χ4n) is 2.47. The van der Waals surface area contributed by atoms with Crippen LogP contribution in [0.25, 0.3) is 0 Å². The van der Waals surface area contributed by atoms with Crippen LogP contribution in [0.5, 0.6) is 0 Å². The number of nitrogens with zero attached hydrogens (tertiary/aromatic N) is 1. The van der Waals surface area contributed by atoms with Crippen LogP contribution in [0, 0.1) is 16.0 Å². The lowest BCUT2D eigenvalue weighted by atomic mass is 9.96. The summed E-state index contributed by atoms with van der Waals surface area (Å²) in [6, 6.07) is 3.90. The van der Waals surface area contributed by atoms with Crippen molar-refractivity contribution >= 4 is 23.2 Å². The number of carbonyl (C=O) groups is 1. The Balaban J connectivity index is 1.89. The summed E-state index contributed by atoms with van der Waals surface area (Å²) in [4.78, 5) is 22.2. The zero-order valence-electron chi connectivity index (χ0n) is 11.6. The van der Waals surface area contributed by atoms with Crippen molar-refractivity contribution in [2.24, 2.45) is 5.92 Å². The van der Waals surface area contributed by atoms with Crippen molar-refractivity contribution in [3.63, 3.8) is 0 Å². The molecular formula is C14H18ClN3O3. The lowest BCUT2D eigenvalue weighted by molar-refractivity contribution is -0.384. The summed E-state index contributed by atoms with van der Waals surface area (Å²) >= 11 is 5.80. The summed E-state index contributed by atoms with van der Waals surface area (Å²) in [5, 5.41) is 17.1. The van der Waals surface area contributed by atoms with Gasteiger partial charge < -0.3 is 10.6 Å². The highest BCUT2D eigenvalue weighted by atomic mass is 35.5. The second kappa shape index (κ2) is 7.38. The van der Waals surface area contributed by atoms with Gasteiger partial charge in [0.1, 0.15) is 0 Å². The number of nitrogens with one attached hydrogen (secondary N) is 2. The first-order chi connectivity index (χ1) is 10.1. The maximum Gasteiger partial charge on any atom is 0.271 e. The van der Waals surface area contributed by atoms with Gasteiger partial charge in [0.25, 0.3) is 11.6 Å². The minimum Gasteiger partial charge on any atom is -0.352 e. The molecule has 114 valence electrons. The van der Waals surface area contributed by atoms with Gasteiger partial charge in [0.05, 0.1) is 4.92 Å². The van der Waals surface area contributed by atoms with Crippen LogP contribution in [0.15, 0.2) is 18.2 Å². The van der Waals surface area contributed by atoms with Crippen molar-refractivity contribution in [1.29, 1.82) is 0 Å². The molecule has 1 aromatic carbocycles. The quantitative estimate of drug-likeness (QED) is 0.646. The fourth-order valence-corrected chi connectivity index (χ4v) is 2.70. The van der Waals surface area contributed by atoms with Crippen LogP contribution in [0.3, 0.4) is 0 Å². The van der Waals surface area contributed by atoms with Crippen molar-refractivity contribution in [2.75, 3.05) is 19.6 Å². The number of amides is 1. The van der Waals surface area contributed by atoms with Crippen LogP contribution >= 0.6 is 11.6 Å². The van der Waals surface area contributed by atoms with Crippen LogP contribution in [-0.2, 0) is 0 Å². The van der Waals surface area contributed by atoms with Crippen molar-refractivity contribution in [2.45, 2.75) is 19.3 Å². The highest BCUT2D eigenvalue weighted by Crippen LogP contribution is 2.21. The predicted octanol–water partition coefficient (Wildman–Crippen LogP) is 2.37. The summed E-state index contributed by atoms with van der Waals surface area (Å²) in [5.74, 6) is 0.247. The van der Waals surface area contributed by atoms with Gasteiger partial charge in [0.15, 0.2) is 0 Å². The summed E-state index contributed by atoms with van der Waals surface area (Å²) in [6.45, 7) is 2.61. The monoisotopic (exact) mass is 311 g/mol. The molecule has 1 unspecified atom stereocenters.